The first-order valence-corrected chi connectivity index (χ1v) is 8.78. The molecule has 0 amide bonds. The lowest BCUT2D eigenvalue weighted by Gasteiger charge is -2.18. The Hall–Kier alpha value is -2.85. The number of carbonyl (C=O) groups excluding carboxylic acids is 1. The van der Waals surface area contributed by atoms with E-state index in [0.717, 1.165) is 11.1 Å². The zero-order valence-corrected chi connectivity index (χ0v) is 15.7. The van der Waals surface area contributed by atoms with Crippen molar-refractivity contribution in [2.45, 2.75) is 12.8 Å². The van der Waals surface area contributed by atoms with E-state index >= 15 is 0 Å². The monoisotopic (exact) mass is 384 g/mol. The highest BCUT2D eigenvalue weighted by molar-refractivity contribution is 6.31. The van der Waals surface area contributed by atoms with Gasteiger partial charge < -0.3 is 9.47 Å². The Morgan fingerprint density at radius 3 is 2.48 bits per heavy atom. The highest BCUT2D eigenvalue weighted by atomic mass is 35.5. The standard InChI is InChI=1S/C22H18ClFO3/c1-14(15-7-4-3-5-8-15)18-13-16(26-2)11-12-20(18)27-22(25)17-9-6-10-19(23)21(17)24/h3-14H,1-2H3. The molecule has 3 rings (SSSR count). The summed E-state index contributed by atoms with van der Waals surface area (Å²) < 4.78 is 25.0. The third-order valence-corrected chi connectivity index (χ3v) is 4.65. The Morgan fingerprint density at radius 2 is 1.78 bits per heavy atom. The molecule has 0 aliphatic heterocycles. The SMILES string of the molecule is COc1ccc(OC(=O)c2cccc(Cl)c2F)c(C(C)c2ccccc2)c1. The highest BCUT2D eigenvalue weighted by Gasteiger charge is 2.21. The molecular weight excluding hydrogens is 367 g/mol. The largest absolute Gasteiger partial charge is 0.497 e. The van der Waals surface area contributed by atoms with Crippen molar-refractivity contribution in [2.24, 2.45) is 0 Å². The fraction of sp³-hybridized carbons (Fsp3) is 0.136. The second-order valence-corrected chi connectivity index (χ2v) is 6.43. The first kappa shape index (κ1) is 18.9. The quantitative estimate of drug-likeness (QED) is 0.408. The van der Waals surface area contributed by atoms with Crippen molar-refractivity contribution >= 4 is 17.6 Å². The molecule has 1 unspecified atom stereocenters. The maximum Gasteiger partial charge on any atom is 0.346 e. The first-order chi connectivity index (χ1) is 13.0. The molecule has 0 bridgehead atoms. The summed E-state index contributed by atoms with van der Waals surface area (Å²) in [4.78, 5) is 12.5. The van der Waals surface area contributed by atoms with Crippen LogP contribution in [0.15, 0.2) is 66.7 Å². The molecule has 0 aromatic heterocycles. The van der Waals surface area contributed by atoms with E-state index < -0.39 is 11.8 Å². The Labute approximate surface area is 162 Å². The molecule has 3 aromatic carbocycles. The molecule has 0 aliphatic rings. The summed E-state index contributed by atoms with van der Waals surface area (Å²) in [6, 6.07) is 19.2. The maximum atomic E-state index is 14.1. The van der Waals surface area contributed by atoms with Crippen molar-refractivity contribution in [3.8, 4) is 11.5 Å². The van der Waals surface area contributed by atoms with Crippen molar-refractivity contribution in [1.29, 1.82) is 0 Å². The van der Waals surface area contributed by atoms with E-state index in [1.165, 1.54) is 18.2 Å². The zero-order valence-electron chi connectivity index (χ0n) is 14.9. The molecule has 0 spiro atoms. The number of esters is 1. The molecule has 3 nitrogen and oxygen atoms in total. The van der Waals surface area contributed by atoms with Gasteiger partial charge in [0.1, 0.15) is 11.5 Å². The minimum Gasteiger partial charge on any atom is -0.497 e. The topological polar surface area (TPSA) is 35.5 Å². The van der Waals surface area contributed by atoms with E-state index in [9.17, 15) is 9.18 Å². The number of methoxy groups -OCH3 is 1. The Morgan fingerprint density at radius 1 is 1.04 bits per heavy atom. The molecule has 0 saturated heterocycles. The Balaban J connectivity index is 1.98. The predicted octanol–water partition coefficient (Wildman–Crippen LogP) is 5.86. The second-order valence-electron chi connectivity index (χ2n) is 6.03. The van der Waals surface area contributed by atoms with E-state index in [2.05, 4.69) is 0 Å². The van der Waals surface area contributed by atoms with Gasteiger partial charge in [-0.05, 0) is 35.9 Å². The van der Waals surface area contributed by atoms with Gasteiger partial charge in [-0.3, -0.25) is 0 Å². The van der Waals surface area contributed by atoms with Gasteiger partial charge in [0.25, 0.3) is 0 Å². The normalized spacial score (nSPS) is 11.7. The molecule has 0 aliphatic carbocycles. The van der Waals surface area contributed by atoms with Crippen LogP contribution in [0.25, 0.3) is 0 Å². The van der Waals surface area contributed by atoms with Crippen molar-refractivity contribution < 1.29 is 18.7 Å². The number of rotatable bonds is 5. The molecule has 5 heteroatoms. The summed E-state index contributed by atoms with van der Waals surface area (Å²) in [5.74, 6) is -0.677. The van der Waals surface area contributed by atoms with E-state index in [4.69, 9.17) is 21.1 Å². The fourth-order valence-electron chi connectivity index (χ4n) is 2.82. The smallest absolute Gasteiger partial charge is 0.346 e. The van der Waals surface area contributed by atoms with Crippen LogP contribution in [0.4, 0.5) is 4.39 Å². The van der Waals surface area contributed by atoms with Gasteiger partial charge in [0.2, 0.25) is 0 Å². The Kier molecular flexibility index (Phi) is 5.77. The average Bonchev–Trinajstić information content (AvgIpc) is 2.70. The number of hydrogen-bond acceptors (Lipinski definition) is 3. The van der Waals surface area contributed by atoms with Gasteiger partial charge in [-0.25, -0.2) is 9.18 Å². The van der Waals surface area contributed by atoms with Crippen LogP contribution in [0.5, 0.6) is 11.5 Å². The third-order valence-electron chi connectivity index (χ3n) is 4.36. The van der Waals surface area contributed by atoms with Crippen LogP contribution >= 0.6 is 11.6 Å². The van der Waals surface area contributed by atoms with Gasteiger partial charge in [-0.15, -0.1) is 0 Å². The number of halogens is 2. The summed E-state index contributed by atoms with van der Waals surface area (Å²) >= 11 is 5.76. The lowest BCUT2D eigenvalue weighted by Crippen LogP contribution is -2.13. The van der Waals surface area contributed by atoms with Crippen molar-refractivity contribution in [3.63, 3.8) is 0 Å². The molecule has 0 N–H and O–H groups in total. The van der Waals surface area contributed by atoms with Crippen LogP contribution in [-0.2, 0) is 0 Å². The molecule has 0 radical (unpaired) electrons. The average molecular weight is 385 g/mol. The zero-order chi connectivity index (χ0) is 19.4. The maximum absolute atomic E-state index is 14.1. The third kappa shape index (κ3) is 4.12. The minimum absolute atomic E-state index is 0.0618. The molecule has 1 atom stereocenters. The van der Waals surface area contributed by atoms with Crippen molar-refractivity contribution in [1.82, 2.24) is 0 Å². The van der Waals surface area contributed by atoms with Crippen LogP contribution in [-0.4, -0.2) is 13.1 Å². The Bertz CT molecular complexity index is 957. The van der Waals surface area contributed by atoms with Crippen LogP contribution in [0.1, 0.15) is 34.3 Å². The molecule has 0 fully saturated rings. The first-order valence-electron chi connectivity index (χ1n) is 8.40. The second kappa shape index (κ2) is 8.23. The van der Waals surface area contributed by atoms with E-state index in [1.54, 1.807) is 19.2 Å². The fourth-order valence-corrected chi connectivity index (χ4v) is 3.00. The van der Waals surface area contributed by atoms with Gasteiger partial charge >= 0.3 is 5.97 Å². The predicted molar refractivity (Wildman–Crippen MR) is 103 cm³/mol. The van der Waals surface area contributed by atoms with Gasteiger partial charge in [-0.2, -0.15) is 0 Å². The van der Waals surface area contributed by atoms with Gasteiger partial charge in [-0.1, -0.05) is 54.9 Å². The van der Waals surface area contributed by atoms with Crippen LogP contribution < -0.4 is 9.47 Å². The van der Waals surface area contributed by atoms with Crippen LogP contribution in [0.3, 0.4) is 0 Å². The number of carbonyl (C=O) groups is 1. The molecule has 27 heavy (non-hydrogen) atoms. The number of ether oxygens (including phenoxy) is 2. The van der Waals surface area contributed by atoms with Crippen LogP contribution in [0, 0.1) is 5.82 Å². The molecular formula is C22H18ClFO3. The molecule has 3 aromatic rings. The summed E-state index contributed by atoms with van der Waals surface area (Å²) in [5, 5.41) is -0.128. The highest BCUT2D eigenvalue weighted by Crippen LogP contribution is 2.35. The minimum atomic E-state index is -0.804. The molecule has 138 valence electrons. The van der Waals surface area contributed by atoms with E-state index in [1.807, 2.05) is 43.3 Å². The lowest BCUT2D eigenvalue weighted by atomic mass is 9.92. The summed E-state index contributed by atoms with van der Waals surface area (Å²) in [5.41, 5.74) is 1.60. The summed E-state index contributed by atoms with van der Waals surface area (Å²) in [7, 11) is 1.57. The number of hydrogen-bond donors (Lipinski definition) is 0. The van der Waals surface area contributed by atoms with E-state index in [0.29, 0.717) is 11.5 Å². The summed E-state index contributed by atoms with van der Waals surface area (Å²) in [6.07, 6.45) is 0. The summed E-state index contributed by atoms with van der Waals surface area (Å²) in [6.45, 7) is 2.00. The van der Waals surface area contributed by atoms with E-state index in [-0.39, 0.29) is 16.5 Å². The van der Waals surface area contributed by atoms with Crippen molar-refractivity contribution in [2.75, 3.05) is 7.11 Å². The number of benzene rings is 3. The van der Waals surface area contributed by atoms with Gasteiger partial charge in [0.05, 0.1) is 17.7 Å². The molecule has 0 saturated carbocycles. The van der Waals surface area contributed by atoms with Gasteiger partial charge in [0.15, 0.2) is 5.82 Å². The lowest BCUT2D eigenvalue weighted by molar-refractivity contribution is 0.0728. The van der Waals surface area contributed by atoms with Crippen molar-refractivity contribution in [3.05, 3.63) is 94.3 Å². The van der Waals surface area contributed by atoms with Crippen LogP contribution in [0.2, 0.25) is 5.02 Å². The molecule has 0 heterocycles. The van der Waals surface area contributed by atoms with Gasteiger partial charge in [0, 0.05) is 11.5 Å².